The normalized spacial score (nSPS) is 12.9. The molecule has 5 heterocycles. The van der Waals surface area contributed by atoms with E-state index in [4.69, 9.17) is 9.97 Å². The zero-order valence-corrected chi connectivity index (χ0v) is 46.7. The van der Waals surface area contributed by atoms with E-state index in [1.165, 1.54) is 4.90 Å². The van der Waals surface area contributed by atoms with Gasteiger partial charge in [0.05, 0.1) is 22.8 Å². The molecule has 0 unspecified atom stereocenters. The van der Waals surface area contributed by atoms with Crippen LogP contribution in [0, 0.1) is 5.92 Å². The van der Waals surface area contributed by atoms with Crippen LogP contribution in [0.3, 0.4) is 0 Å². The van der Waals surface area contributed by atoms with Crippen molar-refractivity contribution in [1.82, 2.24) is 39.5 Å². The van der Waals surface area contributed by atoms with Crippen LogP contribution in [0.4, 0.5) is 0 Å². The standard InChI is InChI=1S/C67H68N8O5/c1-8-73(9-2)65(78)48-28-20-43(21-29-48)60-53-36-34-51(68-53)59(42-18-26-47(27-19-42)64(77)72(7)63(76)46-16-14-15-17-46)52-35-37-54(69-52)61(44-22-30-49(31-23-44)66(79)74(10-3)11-4)56-39-41-58(71-56)62(57-40-38-55(60)70-57)45-24-32-50(33-25-45)67(80)75(12-5)13-6/h18-41,46,68,71H,8-17H2,1-7H3. The first-order valence-corrected chi connectivity index (χ1v) is 28.2. The van der Waals surface area contributed by atoms with Crippen LogP contribution in [0.25, 0.3) is 90.9 Å². The molecule has 13 nitrogen and oxygen atoms in total. The smallest absolute Gasteiger partial charge is 0.260 e. The Morgan fingerprint density at radius 3 is 0.887 bits per heavy atom. The number of aromatic nitrogens is 4. The van der Waals surface area contributed by atoms with Gasteiger partial charge in [0.1, 0.15) is 0 Å². The number of amides is 5. The third kappa shape index (κ3) is 10.5. The van der Waals surface area contributed by atoms with E-state index in [1.54, 1.807) is 33.9 Å². The molecule has 3 aliphatic rings. The molecule has 2 N–H and O–H groups in total. The van der Waals surface area contributed by atoms with Gasteiger partial charge >= 0.3 is 0 Å². The van der Waals surface area contributed by atoms with E-state index in [1.807, 2.05) is 175 Å². The quantitative estimate of drug-likeness (QED) is 0.0968. The predicted molar refractivity (Wildman–Crippen MR) is 321 cm³/mol. The van der Waals surface area contributed by atoms with Gasteiger partial charge < -0.3 is 24.7 Å². The van der Waals surface area contributed by atoms with Crippen molar-refractivity contribution < 1.29 is 24.0 Å². The number of benzene rings is 4. The summed E-state index contributed by atoms with van der Waals surface area (Å²) in [6.07, 6.45) is 11.6. The number of hydrogen-bond acceptors (Lipinski definition) is 7. The molecule has 3 aromatic heterocycles. The second-order valence-electron chi connectivity index (χ2n) is 20.4. The summed E-state index contributed by atoms with van der Waals surface area (Å²) < 4.78 is 0. The highest BCUT2D eigenvalue weighted by Crippen LogP contribution is 2.39. The molecule has 0 radical (unpaired) electrons. The summed E-state index contributed by atoms with van der Waals surface area (Å²) >= 11 is 0. The Kier molecular flexibility index (Phi) is 16.0. The summed E-state index contributed by atoms with van der Waals surface area (Å²) in [4.78, 5) is 93.2. The van der Waals surface area contributed by atoms with Gasteiger partial charge in [-0.2, -0.15) is 0 Å². The Bertz CT molecular complexity index is 3670. The molecule has 1 aliphatic carbocycles. The SMILES string of the molecule is CCN(CC)C(=O)c1ccc(-c2c3nc(c(-c4ccc(C(=O)N(CC)CC)cc4)c4ccc([nH]4)c(-c4ccc(C(=O)N(C)C(=O)C5CCCC5)cc4)c4nc(c(-c5ccc(C(=O)N(CC)CC)cc5)c5ccc2[nH]5)C=C4)C=C3)cc1. The molecule has 7 aromatic rings. The van der Waals surface area contributed by atoms with Crippen LogP contribution in [0.1, 0.15) is 131 Å². The molecule has 1 fully saturated rings. The number of imide groups is 1. The first kappa shape index (κ1) is 54.4. The lowest BCUT2D eigenvalue weighted by Crippen LogP contribution is -2.36. The fourth-order valence-corrected chi connectivity index (χ4v) is 11.4. The van der Waals surface area contributed by atoms with Crippen molar-refractivity contribution in [3.05, 3.63) is 166 Å². The van der Waals surface area contributed by atoms with Crippen LogP contribution >= 0.6 is 0 Å². The van der Waals surface area contributed by atoms with E-state index < -0.39 is 0 Å². The average Bonchev–Trinajstić information content (AvgIpc) is 4.57. The molecular weight excluding hydrogens is 997 g/mol. The second-order valence-corrected chi connectivity index (χ2v) is 20.4. The first-order chi connectivity index (χ1) is 38.9. The molecule has 8 bridgehead atoms. The lowest BCUT2D eigenvalue weighted by atomic mass is 10.0. The van der Waals surface area contributed by atoms with Crippen LogP contribution in [-0.4, -0.2) is 115 Å². The van der Waals surface area contributed by atoms with Crippen LogP contribution in [0.15, 0.2) is 121 Å². The van der Waals surface area contributed by atoms with Gasteiger partial charge in [-0.1, -0.05) is 61.4 Å². The number of carbonyl (C=O) groups is 5. The minimum absolute atomic E-state index is 0.0387. The van der Waals surface area contributed by atoms with E-state index in [-0.39, 0.29) is 35.5 Å². The fraction of sp³-hybridized carbons (Fsp3) is 0.269. The molecule has 2 aliphatic heterocycles. The van der Waals surface area contributed by atoms with E-state index in [0.29, 0.717) is 84.3 Å². The van der Waals surface area contributed by atoms with Crippen molar-refractivity contribution in [2.45, 2.75) is 67.2 Å². The molecule has 10 rings (SSSR count). The maximum absolute atomic E-state index is 13.9. The number of H-pyrrole nitrogens is 2. The van der Waals surface area contributed by atoms with Gasteiger partial charge in [-0.15, -0.1) is 0 Å². The minimum atomic E-state index is -0.352. The van der Waals surface area contributed by atoms with E-state index in [0.717, 1.165) is 92.3 Å². The van der Waals surface area contributed by atoms with Crippen LogP contribution in [0.5, 0.6) is 0 Å². The van der Waals surface area contributed by atoms with Crippen LogP contribution in [-0.2, 0) is 4.79 Å². The highest BCUT2D eigenvalue weighted by atomic mass is 16.2. The molecule has 80 heavy (non-hydrogen) atoms. The molecule has 0 spiro atoms. The summed E-state index contributed by atoms with van der Waals surface area (Å²) in [5.74, 6) is -0.755. The maximum atomic E-state index is 13.9. The average molecular weight is 1070 g/mol. The molecule has 406 valence electrons. The summed E-state index contributed by atoms with van der Waals surface area (Å²) in [5, 5.41) is 0. The molecular formula is C67H68N8O5. The maximum Gasteiger partial charge on any atom is 0.260 e. The van der Waals surface area contributed by atoms with Crippen molar-refractivity contribution in [3.63, 3.8) is 0 Å². The topological polar surface area (TPSA) is 156 Å². The van der Waals surface area contributed by atoms with Crippen LogP contribution < -0.4 is 0 Å². The van der Waals surface area contributed by atoms with Gasteiger partial charge in [0, 0.05) is 119 Å². The van der Waals surface area contributed by atoms with Crippen LogP contribution in [0.2, 0.25) is 0 Å². The number of rotatable bonds is 15. The highest BCUT2D eigenvalue weighted by molar-refractivity contribution is 6.06. The van der Waals surface area contributed by atoms with Gasteiger partial charge in [-0.05, 0) is 174 Å². The number of fused-ring (bicyclic) bond motifs is 8. The van der Waals surface area contributed by atoms with Crippen molar-refractivity contribution in [1.29, 1.82) is 0 Å². The Morgan fingerprint density at radius 1 is 0.388 bits per heavy atom. The Balaban J connectivity index is 1.24. The summed E-state index contributed by atoms with van der Waals surface area (Å²) in [5.41, 5.74) is 14.4. The van der Waals surface area contributed by atoms with Crippen molar-refractivity contribution >= 4 is 75.9 Å². The highest BCUT2D eigenvalue weighted by Gasteiger charge is 2.29. The molecule has 13 heteroatoms. The number of hydrogen-bond donors (Lipinski definition) is 2. The van der Waals surface area contributed by atoms with E-state index >= 15 is 0 Å². The molecule has 5 amide bonds. The molecule has 0 atom stereocenters. The second kappa shape index (κ2) is 23.6. The monoisotopic (exact) mass is 1060 g/mol. The lowest BCUT2D eigenvalue weighted by Gasteiger charge is -2.19. The third-order valence-electron chi connectivity index (χ3n) is 15.9. The first-order valence-electron chi connectivity index (χ1n) is 28.2. The van der Waals surface area contributed by atoms with E-state index in [2.05, 4.69) is 9.97 Å². The van der Waals surface area contributed by atoms with Gasteiger partial charge in [0.15, 0.2) is 0 Å². The summed E-state index contributed by atoms with van der Waals surface area (Å²) in [6.45, 7) is 15.4. The van der Waals surface area contributed by atoms with Crippen molar-refractivity contribution in [2.75, 3.05) is 46.3 Å². The fourth-order valence-electron chi connectivity index (χ4n) is 11.4. The van der Waals surface area contributed by atoms with Gasteiger partial charge in [-0.3, -0.25) is 28.9 Å². The largest absolute Gasteiger partial charge is 0.354 e. The zero-order chi connectivity index (χ0) is 56.2. The van der Waals surface area contributed by atoms with Gasteiger partial charge in [0.25, 0.3) is 23.6 Å². The third-order valence-corrected chi connectivity index (χ3v) is 15.9. The summed E-state index contributed by atoms with van der Waals surface area (Å²) in [7, 11) is 1.57. The van der Waals surface area contributed by atoms with Gasteiger partial charge in [-0.25, -0.2) is 9.97 Å². The number of nitrogens with zero attached hydrogens (tertiary/aromatic N) is 6. The predicted octanol–water partition coefficient (Wildman–Crippen LogP) is 13.6. The minimum Gasteiger partial charge on any atom is -0.354 e. The number of nitrogens with one attached hydrogen (secondary N) is 2. The number of carbonyl (C=O) groups excluding carboxylic acids is 5. The Labute approximate surface area is 467 Å². The molecule has 1 saturated carbocycles. The Hall–Kier alpha value is -8.97. The zero-order valence-electron chi connectivity index (χ0n) is 46.7. The molecule has 0 saturated heterocycles. The van der Waals surface area contributed by atoms with Gasteiger partial charge in [0.2, 0.25) is 5.91 Å². The Morgan fingerprint density at radius 2 is 0.637 bits per heavy atom. The number of aromatic amines is 2. The van der Waals surface area contributed by atoms with Crippen molar-refractivity contribution in [3.8, 4) is 44.5 Å². The van der Waals surface area contributed by atoms with Crippen molar-refractivity contribution in [2.24, 2.45) is 5.92 Å². The van der Waals surface area contributed by atoms with E-state index in [9.17, 15) is 24.0 Å². The molecule has 4 aromatic carbocycles. The summed E-state index contributed by atoms with van der Waals surface area (Å²) in [6, 6.07) is 38.5. The lowest BCUT2D eigenvalue weighted by molar-refractivity contribution is -0.131.